The molecule has 6 nitrogen and oxygen atoms in total. The number of aliphatic imine (C=N–C) groups is 1. The van der Waals surface area contributed by atoms with Gasteiger partial charge in [-0.1, -0.05) is 19.1 Å². The third-order valence-electron chi connectivity index (χ3n) is 3.82. The third-order valence-corrected chi connectivity index (χ3v) is 3.82. The molecule has 1 aromatic heterocycles. The van der Waals surface area contributed by atoms with E-state index in [0.717, 1.165) is 19.4 Å². The predicted molar refractivity (Wildman–Crippen MR) is 115 cm³/mol. The van der Waals surface area contributed by atoms with Gasteiger partial charge in [0.15, 0.2) is 5.96 Å². The number of rotatable bonds is 7. The maximum Gasteiger partial charge on any atom is 0.239 e. The Kier molecular flexibility index (Phi) is 9.33. The maximum atomic E-state index is 11.6. The second-order valence-corrected chi connectivity index (χ2v) is 5.82. The Morgan fingerprint density at radius 2 is 2.00 bits per heavy atom. The lowest BCUT2D eigenvalue weighted by atomic mass is 10.1. The van der Waals surface area contributed by atoms with Gasteiger partial charge in [0.25, 0.3) is 0 Å². The summed E-state index contributed by atoms with van der Waals surface area (Å²) in [5.74, 6) is 0.615. The lowest BCUT2D eigenvalue weighted by molar-refractivity contribution is -0.120. The van der Waals surface area contributed by atoms with E-state index in [1.807, 2.05) is 6.92 Å². The number of nitrogens with one attached hydrogen (secondary N) is 4. The van der Waals surface area contributed by atoms with Gasteiger partial charge in [0.1, 0.15) is 0 Å². The zero-order chi connectivity index (χ0) is 17.4. The fraction of sp³-hybridized carbons (Fsp3) is 0.444. The summed E-state index contributed by atoms with van der Waals surface area (Å²) in [7, 11) is 1.70. The van der Waals surface area contributed by atoms with Crippen LogP contribution in [0.5, 0.6) is 0 Å². The molecule has 0 aliphatic carbocycles. The first-order valence-electron chi connectivity index (χ1n) is 8.42. The molecule has 7 heteroatoms. The molecule has 1 heterocycles. The molecule has 1 aromatic carbocycles. The Balaban J connectivity index is 0.00000312. The monoisotopic (exact) mass is 457 g/mol. The number of nitrogens with zero attached hydrogens (tertiary/aromatic N) is 1. The van der Waals surface area contributed by atoms with Crippen molar-refractivity contribution < 1.29 is 4.79 Å². The highest BCUT2D eigenvalue weighted by Crippen LogP contribution is 2.19. The fourth-order valence-electron chi connectivity index (χ4n) is 2.53. The number of aromatic nitrogens is 1. The van der Waals surface area contributed by atoms with Gasteiger partial charge < -0.3 is 20.9 Å². The topological polar surface area (TPSA) is 81.3 Å². The van der Waals surface area contributed by atoms with Gasteiger partial charge in [-0.25, -0.2) is 0 Å². The molecule has 0 atom stereocenters. The molecule has 0 fully saturated rings. The summed E-state index contributed by atoms with van der Waals surface area (Å²) in [5, 5.41) is 10.3. The van der Waals surface area contributed by atoms with Crippen molar-refractivity contribution in [2.45, 2.75) is 26.7 Å². The number of guanidine groups is 1. The molecule has 0 saturated carbocycles. The molecule has 0 aliphatic heterocycles. The van der Waals surface area contributed by atoms with Crippen molar-refractivity contribution in [3.8, 4) is 0 Å². The Hall–Kier alpha value is -1.77. The summed E-state index contributed by atoms with van der Waals surface area (Å²) < 4.78 is 0. The first kappa shape index (κ1) is 21.3. The zero-order valence-corrected chi connectivity index (χ0v) is 17.4. The molecule has 2 rings (SSSR count). The summed E-state index contributed by atoms with van der Waals surface area (Å²) in [4.78, 5) is 19.1. The molecule has 0 spiro atoms. The second-order valence-electron chi connectivity index (χ2n) is 5.82. The van der Waals surface area contributed by atoms with Crippen molar-refractivity contribution >= 4 is 46.7 Å². The van der Waals surface area contributed by atoms with Gasteiger partial charge in [-0.05, 0) is 37.0 Å². The normalized spacial score (nSPS) is 11.1. The first-order valence-corrected chi connectivity index (χ1v) is 8.42. The van der Waals surface area contributed by atoms with Crippen molar-refractivity contribution in [3.63, 3.8) is 0 Å². The summed E-state index contributed by atoms with van der Waals surface area (Å²) in [5.41, 5.74) is 3.69. The Morgan fingerprint density at radius 1 is 1.20 bits per heavy atom. The molecule has 0 aliphatic rings. The SMILES string of the molecule is CCCNC(=O)CNC(=NC)NCCc1c[nH]c2cc(C)ccc12.I. The summed E-state index contributed by atoms with van der Waals surface area (Å²) >= 11 is 0. The molecule has 25 heavy (non-hydrogen) atoms. The first-order chi connectivity index (χ1) is 11.6. The highest BCUT2D eigenvalue weighted by Gasteiger charge is 2.05. The summed E-state index contributed by atoms with van der Waals surface area (Å²) in [6.07, 6.45) is 3.87. The van der Waals surface area contributed by atoms with Crippen LogP contribution in [0.1, 0.15) is 24.5 Å². The van der Waals surface area contributed by atoms with Gasteiger partial charge >= 0.3 is 0 Å². The summed E-state index contributed by atoms with van der Waals surface area (Å²) in [6.45, 7) is 5.80. The van der Waals surface area contributed by atoms with E-state index < -0.39 is 0 Å². The number of fused-ring (bicyclic) bond motifs is 1. The van der Waals surface area contributed by atoms with Crippen LogP contribution in [0, 0.1) is 6.92 Å². The molecule has 138 valence electrons. The molecule has 1 amide bonds. The number of carbonyl (C=O) groups is 1. The van der Waals surface area contributed by atoms with Gasteiger partial charge in [-0.3, -0.25) is 9.79 Å². The van der Waals surface area contributed by atoms with Crippen LogP contribution in [-0.2, 0) is 11.2 Å². The molecule has 0 saturated heterocycles. The van der Waals surface area contributed by atoms with E-state index in [4.69, 9.17) is 0 Å². The number of amides is 1. The van der Waals surface area contributed by atoms with Crippen LogP contribution in [0.2, 0.25) is 0 Å². The van der Waals surface area contributed by atoms with Crippen LogP contribution in [-0.4, -0.2) is 43.5 Å². The standard InChI is InChI=1S/C18H27N5O.HI/c1-4-8-20-17(24)12-23-18(19-3)21-9-7-14-11-22-16-10-13(2)5-6-15(14)16;/h5-6,10-11,22H,4,7-9,12H2,1-3H3,(H,20,24)(H2,19,21,23);1H. The van der Waals surface area contributed by atoms with Crippen LogP contribution >= 0.6 is 24.0 Å². The summed E-state index contributed by atoms with van der Waals surface area (Å²) in [6, 6.07) is 6.44. The number of carbonyl (C=O) groups excluding carboxylic acids is 1. The van der Waals surface area contributed by atoms with Crippen molar-refractivity contribution in [1.82, 2.24) is 20.9 Å². The van der Waals surface area contributed by atoms with Crippen LogP contribution in [0.15, 0.2) is 29.4 Å². The predicted octanol–water partition coefficient (Wildman–Crippen LogP) is 2.33. The number of benzene rings is 1. The lowest BCUT2D eigenvalue weighted by Gasteiger charge is -2.11. The van der Waals surface area contributed by atoms with Crippen molar-refractivity contribution in [2.24, 2.45) is 4.99 Å². The average molecular weight is 457 g/mol. The molecular weight excluding hydrogens is 429 g/mol. The van der Waals surface area contributed by atoms with E-state index in [9.17, 15) is 4.79 Å². The fourth-order valence-corrected chi connectivity index (χ4v) is 2.53. The largest absolute Gasteiger partial charge is 0.361 e. The number of aryl methyl sites for hydroxylation is 1. The van der Waals surface area contributed by atoms with Crippen molar-refractivity contribution in [2.75, 3.05) is 26.7 Å². The van der Waals surface area contributed by atoms with Crippen LogP contribution in [0.3, 0.4) is 0 Å². The van der Waals surface area contributed by atoms with Crippen LogP contribution in [0.25, 0.3) is 10.9 Å². The van der Waals surface area contributed by atoms with Gasteiger partial charge in [0, 0.05) is 37.2 Å². The van der Waals surface area contributed by atoms with Gasteiger partial charge in [-0.2, -0.15) is 0 Å². The molecular formula is C18H28IN5O. The molecule has 0 radical (unpaired) electrons. The lowest BCUT2D eigenvalue weighted by Crippen LogP contribution is -2.43. The minimum Gasteiger partial charge on any atom is -0.361 e. The third kappa shape index (κ3) is 6.56. The van der Waals surface area contributed by atoms with Gasteiger partial charge in [0.05, 0.1) is 6.54 Å². The van der Waals surface area contributed by atoms with E-state index in [1.54, 1.807) is 7.05 Å². The number of halogens is 1. The smallest absolute Gasteiger partial charge is 0.239 e. The van der Waals surface area contributed by atoms with E-state index in [-0.39, 0.29) is 36.4 Å². The number of aromatic amines is 1. The van der Waals surface area contributed by atoms with Crippen LogP contribution in [0.4, 0.5) is 0 Å². The highest BCUT2D eigenvalue weighted by molar-refractivity contribution is 14.0. The Morgan fingerprint density at radius 3 is 2.72 bits per heavy atom. The highest BCUT2D eigenvalue weighted by atomic mass is 127. The van der Waals surface area contributed by atoms with Crippen molar-refractivity contribution in [3.05, 3.63) is 35.5 Å². The molecule has 0 bridgehead atoms. The Bertz CT molecular complexity index is 711. The average Bonchev–Trinajstić information content (AvgIpc) is 2.98. The van der Waals surface area contributed by atoms with E-state index in [1.165, 1.54) is 22.0 Å². The quantitative estimate of drug-likeness (QED) is 0.293. The van der Waals surface area contributed by atoms with Crippen LogP contribution < -0.4 is 16.0 Å². The number of hydrogen-bond acceptors (Lipinski definition) is 2. The minimum atomic E-state index is -0.0215. The van der Waals surface area contributed by atoms with Gasteiger partial charge in [-0.15, -0.1) is 24.0 Å². The minimum absolute atomic E-state index is 0. The van der Waals surface area contributed by atoms with E-state index in [0.29, 0.717) is 12.5 Å². The van der Waals surface area contributed by atoms with Crippen molar-refractivity contribution in [1.29, 1.82) is 0 Å². The van der Waals surface area contributed by atoms with Gasteiger partial charge in [0.2, 0.25) is 5.91 Å². The molecule has 2 aromatic rings. The second kappa shape index (κ2) is 11.0. The number of hydrogen-bond donors (Lipinski definition) is 4. The number of H-pyrrole nitrogens is 1. The maximum absolute atomic E-state index is 11.6. The Labute approximate surface area is 166 Å². The molecule has 4 N–H and O–H groups in total. The molecule has 0 unspecified atom stereocenters. The zero-order valence-electron chi connectivity index (χ0n) is 15.1. The van der Waals surface area contributed by atoms with E-state index >= 15 is 0 Å². The van der Waals surface area contributed by atoms with E-state index in [2.05, 4.69) is 57.2 Å².